The number of anilines is 2. The lowest BCUT2D eigenvalue weighted by molar-refractivity contribution is -0.121. The van der Waals surface area contributed by atoms with Gasteiger partial charge in [-0.1, -0.05) is 42.5 Å². The van der Waals surface area contributed by atoms with E-state index in [4.69, 9.17) is 0 Å². The smallest absolute Gasteiger partial charge is 0.247 e. The van der Waals surface area contributed by atoms with Gasteiger partial charge in [-0.15, -0.1) is 11.8 Å². The van der Waals surface area contributed by atoms with Crippen LogP contribution in [0.4, 0.5) is 15.8 Å². The van der Waals surface area contributed by atoms with E-state index >= 15 is 0 Å². The summed E-state index contributed by atoms with van der Waals surface area (Å²) in [4.78, 5) is 38.0. The molecule has 1 aliphatic heterocycles. The van der Waals surface area contributed by atoms with Crippen molar-refractivity contribution in [2.45, 2.75) is 11.7 Å². The minimum absolute atomic E-state index is 0.0155. The largest absolute Gasteiger partial charge is 0.325 e. The number of benzene rings is 3. The van der Waals surface area contributed by atoms with Gasteiger partial charge in [0.1, 0.15) is 5.82 Å². The van der Waals surface area contributed by atoms with E-state index in [-0.39, 0.29) is 23.8 Å². The van der Waals surface area contributed by atoms with E-state index in [1.807, 2.05) is 42.5 Å². The Morgan fingerprint density at radius 3 is 2.55 bits per heavy atom. The van der Waals surface area contributed by atoms with Gasteiger partial charge in [0, 0.05) is 12.1 Å². The SMILES string of the molecule is O=C(CSC1CC(=O)N(c2ccccc2F)C1=O)Nc1ccc2ccccc2c1. The summed E-state index contributed by atoms with van der Waals surface area (Å²) in [6.45, 7) is 0. The fraction of sp³-hybridized carbons (Fsp3) is 0.136. The standard InChI is InChI=1S/C22H17FN2O3S/c23-17-7-3-4-8-18(17)25-21(27)12-19(22(25)28)29-13-20(26)24-16-10-9-14-5-1-2-6-15(14)11-16/h1-11,19H,12-13H2,(H,24,26). The lowest BCUT2D eigenvalue weighted by Crippen LogP contribution is -2.32. The normalized spacial score (nSPS) is 16.4. The summed E-state index contributed by atoms with van der Waals surface area (Å²) in [5.41, 5.74) is 0.613. The molecule has 1 fully saturated rings. The van der Waals surface area contributed by atoms with Crippen LogP contribution in [0, 0.1) is 5.82 Å². The van der Waals surface area contributed by atoms with Crippen LogP contribution >= 0.6 is 11.8 Å². The number of thioether (sulfide) groups is 1. The molecule has 0 aliphatic carbocycles. The van der Waals surface area contributed by atoms with Gasteiger partial charge >= 0.3 is 0 Å². The monoisotopic (exact) mass is 408 g/mol. The van der Waals surface area contributed by atoms with Crippen molar-refractivity contribution in [3.63, 3.8) is 0 Å². The number of carbonyl (C=O) groups is 3. The summed E-state index contributed by atoms with van der Waals surface area (Å²) in [6.07, 6.45) is -0.0545. The molecule has 0 bridgehead atoms. The van der Waals surface area contributed by atoms with E-state index in [9.17, 15) is 18.8 Å². The second-order valence-electron chi connectivity index (χ2n) is 6.63. The lowest BCUT2D eigenvalue weighted by Gasteiger charge is -2.15. The van der Waals surface area contributed by atoms with Crippen LogP contribution in [0.3, 0.4) is 0 Å². The Morgan fingerprint density at radius 1 is 1.03 bits per heavy atom. The molecule has 4 rings (SSSR count). The number of fused-ring (bicyclic) bond motifs is 1. The van der Waals surface area contributed by atoms with Crippen LogP contribution in [0.2, 0.25) is 0 Å². The first-order valence-corrected chi connectivity index (χ1v) is 10.1. The highest BCUT2D eigenvalue weighted by molar-refractivity contribution is 8.01. The van der Waals surface area contributed by atoms with Gasteiger partial charge in [0.15, 0.2) is 0 Å². The molecule has 1 atom stereocenters. The molecule has 3 aromatic rings. The van der Waals surface area contributed by atoms with E-state index in [0.29, 0.717) is 5.69 Å². The van der Waals surface area contributed by atoms with Crippen molar-refractivity contribution in [1.82, 2.24) is 0 Å². The van der Waals surface area contributed by atoms with Crippen LogP contribution in [0.25, 0.3) is 10.8 Å². The molecule has 0 aromatic heterocycles. The van der Waals surface area contributed by atoms with Crippen molar-refractivity contribution in [1.29, 1.82) is 0 Å². The van der Waals surface area contributed by atoms with E-state index in [1.54, 1.807) is 6.07 Å². The summed E-state index contributed by atoms with van der Waals surface area (Å²) in [5, 5.41) is 4.18. The minimum Gasteiger partial charge on any atom is -0.325 e. The Bertz CT molecular complexity index is 1120. The highest BCUT2D eigenvalue weighted by Crippen LogP contribution is 2.31. The summed E-state index contributed by atoms with van der Waals surface area (Å²) < 4.78 is 14.0. The molecule has 1 saturated heterocycles. The fourth-order valence-corrected chi connectivity index (χ4v) is 4.19. The van der Waals surface area contributed by atoms with Gasteiger partial charge in [0.05, 0.1) is 16.7 Å². The predicted octanol–water partition coefficient (Wildman–Crippen LogP) is 3.98. The lowest BCUT2D eigenvalue weighted by atomic mass is 10.1. The molecule has 1 N–H and O–H groups in total. The van der Waals surface area contributed by atoms with Gasteiger partial charge in [0.2, 0.25) is 17.7 Å². The Balaban J connectivity index is 1.38. The fourth-order valence-electron chi connectivity index (χ4n) is 3.26. The number of amides is 3. The van der Waals surface area contributed by atoms with E-state index in [1.165, 1.54) is 18.2 Å². The maximum absolute atomic E-state index is 14.0. The number of hydrogen-bond acceptors (Lipinski definition) is 4. The topological polar surface area (TPSA) is 66.5 Å². The summed E-state index contributed by atoms with van der Waals surface area (Å²) >= 11 is 1.08. The summed E-state index contributed by atoms with van der Waals surface area (Å²) in [5.74, 6) is -1.85. The van der Waals surface area contributed by atoms with Crippen molar-refractivity contribution < 1.29 is 18.8 Å². The molecule has 146 valence electrons. The zero-order chi connectivity index (χ0) is 20.4. The van der Waals surface area contributed by atoms with Crippen LogP contribution in [-0.2, 0) is 14.4 Å². The number of imide groups is 1. The van der Waals surface area contributed by atoms with Crippen molar-refractivity contribution in [3.8, 4) is 0 Å². The summed E-state index contributed by atoms with van der Waals surface area (Å²) in [7, 11) is 0. The zero-order valence-electron chi connectivity index (χ0n) is 15.3. The highest BCUT2D eigenvalue weighted by Gasteiger charge is 2.41. The molecule has 3 aromatic carbocycles. The number of carbonyl (C=O) groups excluding carboxylic acids is 3. The van der Waals surface area contributed by atoms with Crippen LogP contribution in [-0.4, -0.2) is 28.7 Å². The number of rotatable bonds is 5. The molecule has 0 spiro atoms. The number of nitrogens with one attached hydrogen (secondary N) is 1. The number of halogens is 1. The maximum Gasteiger partial charge on any atom is 0.247 e. The molecule has 3 amide bonds. The van der Waals surface area contributed by atoms with E-state index < -0.39 is 22.9 Å². The minimum atomic E-state index is -0.704. The second kappa shape index (κ2) is 8.05. The Hall–Kier alpha value is -3.19. The zero-order valence-corrected chi connectivity index (χ0v) is 16.1. The molecular weight excluding hydrogens is 391 g/mol. The van der Waals surface area contributed by atoms with Crippen molar-refractivity contribution >= 4 is 51.6 Å². The number of para-hydroxylation sites is 1. The van der Waals surface area contributed by atoms with Crippen LogP contribution in [0.15, 0.2) is 66.7 Å². The molecule has 29 heavy (non-hydrogen) atoms. The van der Waals surface area contributed by atoms with Gasteiger partial charge < -0.3 is 5.32 Å². The Morgan fingerprint density at radius 2 is 1.76 bits per heavy atom. The van der Waals surface area contributed by atoms with Crippen LogP contribution in [0.5, 0.6) is 0 Å². The average Bonchev–Trinajstić information content (AvgIpc) is 3.00. The van der Waals surface area contributed by atoms with Crippen molar-refractivity contribution in [3.05, 3.63) is 72.5 Å². The molecule has 1 unspecified atom stereocenters. The molecular formula is C22H17FN2O3S. The second-order valence-corrected chi connectivity index (χ2v) is 7.82. The molecule has 0 saturated carbocycles. The first-order valence-electron chi connectivity index (χ1n) is 9.04. The van der Waals surface area contributed by atoms with E-state index in [0.717, 1.165) is 27.4 Å². The predicted molar refractivity (Wildman–Crippen MR) is 112 cm³/mol. The first kappa shape index (κ1) is 19.1. The first-order chi connectivity index (χ1) is 14.0. The third kappa shape index (κ3) is 4.00. The average molecular weight is 408 g/mol. The third-order valence-corrected chi connectivity index (χ3v) is 5.85. The highest BCUT2D eigenvalue weighted by atomic mass is 32.2. The Kier molecular flexibility index (Phi) is 5.31. The third-order valence-electron chi connectivity index (χ3n) is 4.65. The van der Waals surface area contributed by atoms with Crippen LogP contribution < -0.4 is 10.2 Å². The van der Waals surface area contributed by atoms with Crippen molar-refractivity contribution in [2.75, 3.05) is 16.0 Å². The molecule has 5 nitrogen and oxygen atoms in total. The van der Waals surface area contributed by atoms with Crippen LogP contribution in [0.1, 0.15) is 6.42 Å². The van der Waals surface area contributed by atoms with Crippen molar-refractivity contribution in [2.24, 2.45) is 0 Å². The van der Waals surface area contributed by atoms with Gasteiger partial charge in [-0.25, -0.2) is 9.29 Å². The number of nitrogens with zero attached hydrogens (tertiary/aromatic N) is 1. The van der Waals surface area contributed by atoms with E-state index in [2.05, 4.69) is 5.32 Å². The quantitative estimate of drug-likeness (QED) is 0.649. The van der Waals surface area contributed by atoms with Gasteiger partial charge in [-0.2, -0.15) is 0 Å². The van der Waals surface area contributed by atoms with Gasteiger partial charge in [-0.3, -0.25) is 14.4 Å². The summed E-state index contributed by atoms with van der Waals surface area (Å²) in [6, 6.07) is 19.1. The number of hydrogen-bond donors (Lipinski definition) is 1. The molecule has 1 aliphatic rings. The molecule has 1 heterocycles. The molecule has 0 radical (unpaired) electrons. The maximum atomic E-state index is 14.0. The molecule has 7 heteroatoms. The Labute approximate surface area is 170 Å². The van der Waals surface area contributed by atoms with Gasteiger partial charge in [0.25, 0.3) is 0 Å². The van der Waals surface area contributed by atoms with Gasteiger partial charge in [-0.05, 0) is 35.0 Å².